The second-order valence-corrected chi connectivity index (χ2v) is 7.40. The second kappa shape index (κ2) is 10.8. The van der Waals surface area contributed by atoms with Crippen molar-refractivity contribution in [3.8, 4) is 11.5 Å². The second-order valence-electron chi connectivity index (χ2n) is 7.40. The van der Waals surface area contributed by atoms with Crippen molar-refractivity contribution in [2.75, 3.05) is 26.7 Å². The molecular formula is C20H28N2O8. The smallest absolute Gasteiger partial charge is 0.317 e. The first-order valence-electron chi connectivity index (χ1n) is 9.70. The van der Waals surface area contributed by atoms with Gasteiger partial charge in [0.25, 0.3) is 0 Å². The lowest BCUT2D eigenvalue weighted by atomic mass is 9.87. The number of methoxy groups -OCH3 is 1. The number of carboxylic acids is 3. The molecule has 0 aromatic heterocycles. The Balaban J connectivity index is 2.35. The number of aromatic hydroxyl groups is 1. The maximum atomic E-state index is 11.6. The summed E-state index contributed by atoms with van der Waals surface area (Å²) in [5.74, 6) is -2.85. The number of hydrogen-bond acceptors (Lipinski definition) is 7. The minimum Gasteiger partial charge on any atom is -0.508 e. The largest absolute Gasteiger partial charge is 0.508 e. The van der Waals surface area contributed by atoms with Crippen LogP contribution in [-0.2, 0) is 20.9 Å². The highest BCUT2D eigenvalue weighted by atomic mass is 16.5. The van der Waals surface area contributed by atoms with E-state index in [1.54, 1.807) is 17.0 Å². The zero-order valence-corrected chi connectivity index (χ0v) is 16.9. The summed E-state index contributed by atoms with van der Waals surface area (Å²) in [5.41, 5.74) is 0.475. The molecule has 166 valence electrons. The van der Waals surface area contributed by atoms with E-state index in [0.717, 1.165) is 12.8 Å². The van der Waals surface area contributed by atoms with E-state index in [9.17, 15) is 34.8 Å². The number of aliphatic carboxylic acids is 3. The van der Waals surface area contributed by atoms with Gasteiger partial charge >= 0.3 is 17.9 Å². The topological polar surface area (TPSA) is 148 Å². The number of carbonyl (C=O) groups is 3. The molecule has 30 heavy (non-hydrogen) atoms. The molecule has 1 aliphatic carbocycles. The first-order chi connectivity index (χ1) is 14.2. The average Bonchev–Trinajstić information content (AvgIpc) is 2.67. The predicted octanol–water partition coefficient (Wildman–Crippen LogP) is 1.07. The van der Waals surface area contributed by atoms with Crippen LogP contribution in [0.1, 0.15) is 31.2 Å². The van der Waals surface area contributed by atoms with Gasteiger partial charge in [0.1, 0.15) is 11.5 Å². The van der Waals surface area contributed by atoms with E-state index >= 15 is 0 Å². The number of benzene rings is 1. The Bertz CT molecular complexity index is 753. The molecule has 2 rings (SSSR count). The lowest BCUT2D eigenvalue weighted by molar-refractivity contribution is -0.146. The van der Waals surface area contributed by atoms with E-state index < -0.39 is 37.0 Å². The van der Waals surface area contributed by atoms with Crippen molar-refractivity contribution in [1.29, 1.82) is 0 Å². The van der Waals surface area contributed by atoms with Crippen molar-refractivity contribution in [1.82, 2.24) is 9.80 Å². The van der Waals surface area contributed by atoms with E-state index in [2.05, 4.69) is 0 Å². The van der Waals surface area contributed by atoms with Crippen molar-refractivity contribution in [3.05, 3.63) is 23.8 Å². The van der Waals surface area contributed by atoms with E-state index in [0.29, 0.717) is 24.2 Å². The summed E-state index contributed by atoms with van der Waals surface area (Å²) in [7, 11) is 1.48. The van der Waals surface area contributed by atoms with Gasteiger partial charge in [0, 0.05) is 24.2 Å². The summed E-state index contributed by atoms with van der Waals surface area (Å²) in [6.07, 6.45) is 2.77. The van der Waals surface area contributed by atoms with Gasteiger partial charge in [0.2, 0.25) is 0 Å². The summed E-state index contributed by atoms with van der Waals surface area (Å²) in [4.78, 5) is 37.2. The van der Waals surface area contributed by atoms with Crippen molar-refractivity contribution >= 4 is 17.9 Å². The van der Waals surface area contributed by atoms with Gasteiger partial charge in [0.05, 0.1) is 26.7 Å². The third-order valence-corrected chi connectivity index (χ3v) is 5.31. The molecule has 0 aliphatic heterocycles. The number of ether oxygens (including phenoxy) is 1. The van der Waals surface area contributed by atoms with Crippen LogP contribution in [0, 0.1) is 0 Å². The molecule has 2 unspecified atom stereocenters. The van der Waals surface area contributed by atoms with Gasteiger partial charge in [-0.25, -0.2) is 0 Å². The zero-order chi connectivity index (χ0) is 22.3. The Morgan fingerprint density at radius 1 is 0.933 bits per heavy atom. The van der Waals surface area contributed by atoms with E-state index in [1.165, 1.54) is 18.1 Å². The molecule has 1 aromatic carbocycles. The number of hydrogen-bond donors (Lipinski definition) is 4. The molecule has 0 bridgehead atoms. The lowest BCUT2D eigenvalue weighted by Crippen LogP contribution is -2.56. The first kappa shape index (κ1) is 23.4. The van der Waals surface area contributed by atoms with Crippen molar-refractivity contribution in [2.24, 2.45) is 0 Å². The van der Waals surface area contributed by atoms with Crippen LogP contribution >= 0.6 is 0 Å². The van der Waals surface area contributed by atoms with Crippen LogP contribution < -0.4 is 4.74 Å². The third kappa shape index (κ3) is 6.60. The molecular weight excluding hydrogens is 396 g/mol. The minimum atomic E-state index is -1.14. The summed E-state index contributed by atoms with van der Waals surface area (Å²) in [6.45, 7) is -1.12. The molecule has 0 spiro atoms. The predicted molar refractivity (Wildman–Crippen MR) is 106 cm³/mol. The van der Waals surface area contributed by atoms with Crippen molar-refractivity contribution in [2.45, 2.75) is 44.3 Å². The molecule has 10 nitrogen and oxygen atoms in total. The van der Waals surface area contributed by atoms with Crippen molar-refractivity contribution < 1.29 is 39.5 Å². The molecule has 0 amide bonds. The van der Waals surface area contributed by atoms with Crippen LogP contribution in [0.25, 0.3) is 0 Å². The Kier molecular flexibility index (Phi) is 8.43. The van der Waals surface area contributed by atoms with Gasteiger partial charge in [0.15, 0.2) is 0 Å². The van der Waals surface area contributed by atoms with Gasteiger partial charge in [-0.3, -0.25) is 24.2 Å². The molecule has 4 N–H and O–H groups in total. The van der Waals surface area contributed by atoms with Crippen molar-refractivity contribution in [3.63, 3.8) is 0 Å². The quantitative estimate of drug-likeness (QED) is 0.406. The number of carboxylic acid groups (broad SMARTS) is 3. The Morgan fingerprint density at radius 3 is 1.93 bits per heavy atom. The molecule has 2 atom stereocenters. The summed E-state index contributed by atoms with van der Waals surface area (Å²) >= 11 is 0. The SMILES string of the molecule is COc1ccc(O)c(CN(CC(=O)O)C2CCCCC2N(CC(=O)O)CC(=O)O)c1. The fourth-order valence-electron chi connectivity index (χ4n) is 4.08. The average molecular weight is 424 g/mol. The first-order valence-corrected chi connectivity index (χ1v) is 9.70. The highest BCUT2D eigenvalue weighted by Crippen LogP contribution is 2.31. The van der Waals surface area contributed by atoms with Crippen LogP contribution in [0.2, 0.25) is 0 Å². The van der Waals surface area contributed by atoms with E-state index in [1.807, 2.05) is 0 Å². The highest BCUT2D eigenvalue weighted by molar-refractivity contribution is 5.72. The molecule has 1 saturated carbocycles. The number of rotatable bonds is 11. The van der Waals surface area contributed by atoms with Crippen LogP contribution in [0.15, 0.2) is 18.2 Å². The monoisotopic (exact) mass is 424 g/mol. The maximum Gasteiger partial charge on any atom is 0.317 e. The molecule has 1 aliphatic rings. The van der Waals surface area contributed by atoms with Crippen LogP contribution in [0.4, 0.5) is 0 Å². The van der Waals surface area contributed by atoms with Gasteiger partial charge in [-0.1, -0.05) is 12.8 Å². The van der Waals surface area contributed by atoms with Crippen LogP contribution in [0.3, 0.4) is 0 Å². The third-order valence-electron chi connectivity index (χ3n) is 5.31. The van der Waals surface area contributed by atoms with Crippen LogP contribution in [-0.4, -0.2) is 87.0 Å². The number of phenols is 1. The Labute approximate surface area is 174 Å². The molecule has 1 fully saturated rings. The standard InChI is InChI=1S/C20H28N2O8/c1-30-14-6-7-17(23)13(8-14)9-21(10-18(24)25)15-4-2-3-5-16(15)22(11-19(26)27)12-20(28)29/h6-8,15-16,23H,2-5,9-12H2,1H3,(H,24,25)(H,26,27)(H,28,29). The Morgan fingerprint density at radius 2 is 1.43 bits per heavy atom. The molecule has 0 radical (unpaired) electrons. The normalized spacial score (nSPS) is 19.0. The number of phenolic OH excluding ortho intramolecular Hbond substituents is 1. The fraction of sp³-hybridized carbons (Fsp3) is 0.550. The lowest BCUT2D eigenvalue weighted by Gasteiger charge is -2.44. The van der Waals surface area contributed by atoms with Gasteiger partial charge < -0.3 is 25.2 Å². The molecule has 10 heteroatoms. The van der Waals surface area contributed by atoms with E-state index in [-0.39, 0.29) is 24.9 Å². The van der Waals surface area contributed by atoms with Gasteiger partial charge in [-0.2, -0.15) is 0 Å². The fourth-order valence-corrected chi connectivity index (χ4v) is 4.08. The molecule has 1 aromatic rings. The summed E-state index contributed by atoms with van der Waals surface area (Å²) in [5, 5.41) is 38.2. The minimum absolute atomic E-state index is 0.00789. The molecule has 0 heterocycles. The van der Waals surface area contributed by atoms with Gasteiger partial charge in [-0.15, -0.1) is 0 Å². The van der Waals surface area contributed by atoms with Crippen LogP contribution in [0.5, 0.6) is 11.5 Å². The van der Waals surface area contributed by atoms with E-state index in [4.69, 9.17) is 4.74 Å². The Hall–Kier alpha value is -2.85. The highest BCUT2D eigenvalue weighted by Gasteiger charge is 2.36. The molecule has 0 saturated heterocycles. The van der Waals surface area contributed by atoms with Gasteiger partial charge in [-0.05, 0) is 31.0 Å². The number of nitrogens with zero attached hydrogens (tertiary/aromatic N) is 2. The maximum absolute atomic E-state index is 11.6. The summed E-state index contributed by atoms with van der Waals surface area (Å²) < 4.78 is 5.18. The zero-order valence-electron chi connectivity index (χ0n) is 16.9. The summed E-state index contributed by atoms with van der Waals surface area (Å²) in [6, 6.07) is 3.86.